The molecule has 25 heavy (non-hydrogen) atoms. The van der Waals surface area contributed by atoms with Crippen LogP contribution in [-0.2, 0) is 6.54 Å². The van der Waals surface area contributed by atoms with Gasteiger partial charge in [0.1, 0.15) is 5.75 Å². The largest absolute Gasteiger partial charge is 0.495 e. The van der Waals surface area contributed by atoms with Gasteiger partial charge in [-0.1, -0.05) is 0 Å². The summed E-state index contributed by atoms with van der Waals surface area (Å²) >= 11 is 0. The van der Waals surface area contributed by atoms with Crippen molar-refractivity contribution in [3.63, 3.8) is 0 Å². The van der Waals surface area contributed by atoms with Crippen molar-refractivity contribution < 1.29 is 22.6 Å². The second kappa shape index (κ2) is 7.25. The van der Waals surface area contributed by atoms with E-state index in [1.54, 1.807) is 36.4 Å². The molecule has 0 saturated heterocycles. The number of hydrogen-bond donors (Lipinski definition) is 0. The van der Waals surface area contributed by atoms with Gasteiger partial charge in [0.2, 0.25) is 0 Å². The van der Waals surface area contributed by atoms with Gasteiger partial charge < -0.3 is 9.47 Å². The fourth-order valence-electron chi connectivity index (χ4n) is 2.30. The van der Waals surface area contributed by atoms with E-state index in [1.165, 1.54) is 6.07 Å². The maximum absolute atomic E-state index is 13.8. The Morgan fingerprint density at radius 2 is 2.00 bits per heavy atom. The van der Waals surface area contributed by atoms with Crippen LogP contribution >= 0.6 is 0 Å². The van der Waals surface area contributed by atoms with E-state index >= 15 is 0 Å². The molecule has 0 aliphatic heterocycles. The Hall–Kier alpha value is -3.03. The first-order valence-electron chi connectivity index (χ1n) is 7.31. The molecule has 0 bridgehead atoms. The summed E-state index contributed by atoms with van der Waals surface area (Å²) in [5, 5.41) is 4.36. The molecule has 3 aromatic rings. The second-order valence-corrected chi connectivity index (χ2v) is 5.16. The molecule has 1 aromatic carbocycles. The van der Waals surface area contributed by atoms with E-state index in [-0.39, 0.29) is 0 Å². The molecule has 0 aliphatic carbocycles. The average Bonchev–Trinajstić information content (AvgIpc) is 3.05. The summed E-state index contributed by atoms with van der Waals surface area (Å²) in [5.41, 5.74) is 1.86. The maximum atomic E-state index is 13.8. The molecule has 3 rings (SSSR count). The number of halogens is 3. The van der Waals surface area contributed by atoms with Crippen LogP contribution in [0.15, 0.2) is 48.9 Å². The molecule has 8 heteroatoms. The molecule has 0 aliphatic rings. The van der Waals surface area contributed by atoms with Crippen LogP contribution in [0.4, 0.5) is 13.2 Å². The number of benzene rings is 1. The van der Waals surface area contributed by atoms with Gasteiger partial charge in [0.15, 0.2) is 11.6 Å². The van der Waals surface area contributed by atoms with E-state index < -0.39 is 18.2 Å². The third kappa shape index (κ3) is 4.09. The summed E-state index contributed by atoms with van der Waals surface area (Å²) in [7, 11) is 1.56. The highest BCUT2D eigenvalue weighted by Crippen LogP contribution is 2.25. The van der Waals surface area contributed by atoms with E-state index in [0.717, 1.165) is 17.7 Å². The van der Waals surface area contributed by atoms with Crippen LogP contribution in [0.1, 0.15) is 5.56 Å². The summed E-state index contributed by atoms with van der Waals surface area (Å²) in [6, 6.07) is 7.28. The van der Waals surface area contributed by atoms with Crippen LogP contribution in [0.3, 0.4) is 0 Å². The number of pyridine rings is 1. The minimum Gasteiger partial charge on any atom is -0.495 e. The molecule has 0 atom stereocenters. The Balaban J connectivity index is 1.78. The predicted octanol–water partition coefficient (Wildman–Crippen LogP) is 3.74. The zero-order chi connectivity index (χ0) is 17.8. The van der Waals surface area contributed by atoms with E-state index in [1.807, 2.05) is 6.07 Å². The normalized spacial score (nSPS) is 10.9. The van der Waals surface area contributed by atoms with Gasteiger partial charge in [0, 0.05) is 18.0 Å². The SMILES string of the molecule is COc1cncc(Cn2ccc(-c3ccc(OC(F)F)c(F)c3)n2)c1. The molecule has 0 saturated carbocycles. The minimum absolute atomic E-state index is 0.458. The van der Waals surface area contributed by atoms with Gasteiger partial charge in [-0.15, -0.1) is 0 Å². The van der Waals surface area contributed by atoms with Crippen LogP contribution in [0.5, 0.6) is 11.5 Å². The molecular weight excluding hydrogens is 335 g/mol. The van der Waals surface area contributed by atoms with Crippen molar-refractivity contribution in [2.45, 2.75) is 13.2 Å². The van der Waals surface area contributed by atoms with Crippen molar-refractivity contribution in [1.82, 2.24) is 14.8 Å². The van der Waals surface area contributed by atoms with Crippen molar-refractivity contribution in [2.24, 2.45) is 0 Å². The summed E-state index contributed by atoms with van der Waals surface area (Å²) in [5.74, 6) is -0.730. The summed E-state index contributed by atoms with van der Waals surface area (Å²) in [6.07, 6.45) is 5.03. The molecule has 2 heterocycles. The van der Waals surface area contributed by atoms with Gasteiger partial charge >= 0.3 is 6.61 Å². The Labute approximate surface area is 141 Å². The van der Waals surface area contributed by atoms with E-state index in [2.05, 4.69) is 14.8 Å². The van der Waals surface area contributed by atoms with Crippen molar-refractivity contribution in [3.8, 4) is 22.8 Å². The van der Waals surface area contributed by atoms with Gasteiger partial charge in [-0.2, -0.15) is 13.9 Å². The first kappa shape index (κ1) is 16.8. The van der Waals surface area contributed by atoms with Crippen LogP contribution in [-0.4, -0.2) is 28.5 Å². The highest BCUT2D eigenvalue weighted by Gasteiger charge is 2.12. The Kier molecular flexibility index (Phi) is 4.87. The molecule has 0 amide bonds. The van der Waals surface area contributed by atoms with E-state index in [0.29, 0.717) is 23.6 Å². The standard InChI is InChI=1S/C17H14F3N3O2/c1-24-13-6-11(8-21-9-13)10-23-5-4-15(22-23)12-2-3-16(14(18)7-12)25-17(19)20/h2-9,17H,10H2,1H3. The first-order valence-corrected chi connectivity index (χ1v) is 7.31. The van der Waals surface area contributed by atoms with Crippen LogP contribution in [0.25, 0.3) is 11.3 Å². The summed E-state index contributed by atoms with van der Waals surface area (Å²) in [4.78, 5) is 4.07. The lowest BCUT2D eigenvalue weighted by Gasteiger charge is -2.06. The smallest absolute Gasteiger partial charge is 0.387 e. The molecule has 2 aromatic heterocycles. The molecular formula is C17H14F3N3O2. The third-order valence-electron chi connectivity index (χ3n) is 3.43. The number of ether oxygens (including phenoxy) is 2. The molecule has 0 N–H and O–H groups in total. The Morgan fingerprint density at radius 1 is 1.16 bits per heavy atom. The quantitative estimate of drug-likeness (QED) is 0.680. The lowest BCUT2D eigenvalue weighted by atomic mass is 10.1. The van der Waals surface area contributed by atoms with Crippen molar-refractivity contribution >= 4 is 0 Å². The number of alkyl halides is 2. The zero-order valence-electron chi connectivity index (χ0n) is 13.2. The number of hydrogen-bond acceptors (Lipinski definition) is 4. The lowest BCUT2D eigenvalue weighted by Crippen LogP contribution is -2.03. The van der Waals surface area contributed by atoms with Gasteiger partial charge in [-0.25, -0.2) is 4.39 Å². The van der Waals surface area contributed by atoms with Gasteiger partial charge in [0.25, 0.3) is 0 Å². The van der Waals surface area contributed by atoms with Gasteiger partial charge in [-0.05, 0) is 35.9 Å². The monoisotopic (exact) mass is 349 g/mol. The lowest BCUT2D eigenvalue weighted by molar-refractivity contribution is -0.0521. The van der Waals surface area contributed by atoms with Crippen molar-refractivity contribution in [1.29, 1.82) is 0 Å². The molecule has 0 unspecified atom stereocenters. The van der Waals surface area contributed by atoms with Crippen molar-refractivity contribution in [2.75, 3.05) is 7.11 Å². The van der Waals surface area contributed by atoms with Crippen LogP contribution in [0, 0.1) is 5.82 Å². The molecule has 0 radical (unpaired) electrons. The fourth-order valence-corrected chi connectivity index (χ4v) is 2.30. The summed E-state index contributed by atoms with van der Waals surface area (Å²) in [6.45, 7) is -2.62. The minimum atomic E-state index is -3.07. The Morgan fingerprint density at radius 3 is 2.72 bits per heavy atom. The van der Waals surface area contributed by atoms with Gasteiger partial charge in [-0.3, -0.25) is 9.67 Å². The molecule has 5 nitrogen and oxygen atoms in total. The Bertz CT molecular complexity index is 868. The van der Waals surface area contributed by atoms with Crippen LogP contribution < -0.4 is 9.47 Å². The topological polar surface area (TPSA) is 49.2 Å². The number of rotatable bonds is 6. The molecule has 0 spiro atoms. The molecule has 0 fully saturated rings. The predicted molar refractivity (Wildman–Crippen MR) is 84.1 cm³/mol. The van der Waals surface area contributed by atoms with Crippen molar-refractivity contribution in [3.05, 3.63) is 60.3 Å². The fraction of sp³-hybridized carbons (Fsp3) is 0.176. The highest BCUT2D eigenvalue weighted by atomic mass is 19.3. The number of aromatic nitrogens is 3. The first-order chi connectivity index (χ1) is 12.0. The third-order valence-corrected chi connectivity index (χ3v) is 3.43. The van der Waals surface area contributed by atoms with Crippen LogP contribution in [0.2, 0.25) is 0 Å². The number of methoxy groups -OCH3 is 1. The number of nitrogens with zero attached hydrogens (tertiary/aromatic N) is 3. The highest BCUT2D eigenvalue weighted by molar-refractivity contribution is 5.60. The van der Waals surface area contributed by atoms with E-state index in [9.17, 15) is 13.2 Å². The maximum Gasteiger partial charge on any atom is 0.387 e. The molecule has 130 valence electrons. The zero-order valence-corrected chi connectivity index (χ0v) is 13.2. The van der Waals surface area contributed by atoms with E-state index in [4.69, 9.17) is 4.74 Å². The average molecular weight is 349 g/mol. The summed E-state index contributed by atoms with van der Waals surface area (Å²) < 4.78 is 49.0. The van der Waals surface area contributed by atoms with Gasteiger partial charge in [0.05, 0.1) is 25.5 Å². The second-order valence-electron chi connectivity index (χ2n) is 5.16.